The first kappa shape index (κ1) is 15.5. The molecule has 1 aromatic carbocycles. The van der Waals surface area contributed by atoms with Gasteiger partial charge in [0, 0.05) is 25.1 Å². The van der Waals surface area contributed by atoms with Crippen LogP contribution in [0, 0.1) is 0 Å². The Kier molecular flexibility index (Phi) is 4.94. The Morgan fingerprint density at radius 1 is 1.33 bits per heavy atom. The molecular formula is C16H19F2NO2. The highest BCUT2D eigenvalue weighted by molar-refractivity contribution is 5.89. The maximum absolute atomic E-state index is 13.5. The molecule has 1 aromatic rings. The molecule has 21 heavy (non-hydrogen) atoms. The topological polar surface area (TPSA) is 38.3 Å². The summed E-state index contributed by atoms with van der Waals surface area (Å²) in [7, 11) is 0. The first-order valence-electron chi connectivity index (χ1n) is 7.06. The van der Waals surface area contributed by atoms with Crippen LogP contribution in [0.2, 0.25) is 0 Å². The summed E-state index contributed by atoms with van der Waals surface area (Å²) < 4.78 is 31.9. The van der Waals surface area contributed by atoms with Crippen LogP contribution in [0.4, 0.5) is 8.78 Å². The molecule has 0 atom stereocenters. The van der Waals surface area contributed by atoms with E-state index in [4.69, 9.17) is 4.74 Å². The van der Waals surface area contributed by atoms with E-state index in [1.165, 1.54) is 0 Å². The molecule has 0 aromatic heterocycles. The molecule has 0 aliphatic heterocycles. The first-order valence-corrected chi connectivity index (χ1v) is 7.06. The maximum atomic E-state index is 13.5. The summed E-state index contributed by atoms with van der Waals surface area (Å²) in [5, 5.41) is 3.11. The number of benzene rings is 1. The van der Waals surface area contributed by atoms with Crippen molar-refractivity contribution in [2.24, 2.45) is 0 Å². The maximum Gasteiger partial charge on any atom is 0.335 e. The number of allylic oxidation sites excluding steroid dienone is 1. The fraction of sp³-hybridized carbons (Fsp3) is 0.438. The Hall–Kier alpha value is -1.91. The van der Waals surface area contributed by atoms with E-state index in [2.05, 4.69) is 5.32 Å². The van der Waals surface area contributed by atoms with Crippen molar-refractivity contribution in [3.05, 3.63) is 47.2 Å². The monoisotopic (exact) mass is 295 g/mol. The van der Waals surface area contributed by atoms with Crippen molar-refractivity contribution >= 4 is 5.97 Å². The number of carbonyl (C=O) groups excluding carboxylic acids is 1. The predicted molar refractivity (Wildman–Crippen MR) is 75.7 cm³/mol. The van der Waals surface area contributed by atoms with Gasteiger partial charge in [-0.25, -0.2) is 13.6 Å². The lowest BCUT2D eigenvalue weighted by molar-refractivity contribution is -0.140. The van der Waals surface area contributed by atoms with Gasteiger partial charge in [-0.3, -0.25) is 0 Å². The molecule has 0 spiro atoms. The van der Waals surface area contributed by atoms with E-state index in [9.17, 15) is 13.6 Å². The van der Waals surface area contributed by atoms with Gasteiger partial charge in [0.25, 0.3) is 5.92 Å². The van der Waals surface area contributed by atoms with Crippen molar-refractivity contribution in [3.8, 4) is 0 Å². The van der Waals surface area contributed by atoms with Crippen molar-refractivity contribution in [3.63, 3.8) is 0 Å². The van der Waals surface area contributed by atoms with Crippen LogP contribution in [0.5, 0.6) is 0 Å². The molecule has 1 N–H and O–H groups in total. The number of nitrogens with one attached hydrogen (secondary N) is 1. The highest BCUT2D eigenvalue weighted by Crippen LogP contribution is 2.36. The molecule has 0 bridgehead atoms. The Labute approximate surface area is 123 Å². The van der Waals surface area contributed by atoms with Crippen molar-refractivity contribution in [1.82, 2.24) is 5.32 Å². The lowest BCUT2D eigenvalue weighted by atomic mass is 9.92. The standard InChI is InChI=1S/C16H19F2NO2/c1-2-21-15(20)13-10-16(17,18)9-8-14(13)19-11-12-6-4-3-5-7-12/h3-7,19H,2,8-11H2,1H3. The number of hydrogen-bond donors (Lipinski definition) is 1. The number of ether oxygens (including phenoxy) is 1. The second kappa shape index (κ2) is 6.70. The van der Waals surface area contributed by atoms with Crippen LogP contribution in [-0.4, -0.2) is 18.5 Å². The molecule has 114 valence electrons. The minimum absolute atomic E-state index is 0.0732. The molecule has 1 aliphatic rings. The zero-order valence-corrected chi connectivity index (χ0v) is 12.0. The molecule has 3 nitrogen and oxygen atoms in total. The largest absolute Gasteiger partial charge is 0.463 e. The average molecular weight is 295 g/mol. The fourth-order valence-electron chi connectivity index (χ4n) is 2.33. The molecule has 0 amide bonds. The molecule has 0 radical (unpaired) electrons. The molecule has 2 rings (SSSR count). The summed E-state index contributed by atoms with van der Waals surface area (Å²) in [6, 6.07) is 9.61. The summed E-state index contributed by atoms with van der Waals surface area (Å²) in [6.45, 7) is 2.35. The summed E-state index contributed by atoms with van der Waals surface area (Å²) in [4.78, 5) is 11.9. The number of rotatable bonds is 5. The van der Waals surface area contributed by atoms with Gasteiger partial charge in [-0.1, -0.05) is 30.3 Å². The Balaban J connectivity index is 2.13. The smallest absolute Gasteiger partial charge is 0.335 e. The van der Waals surface area contributed by atoms with Gasteiger partial charge in [-0.05, 0) is 18.9 Å². The highest BCUT2D eigenvalue weighted by atomic mass is 19.3. The van der Waals surface area contributed by atoms with Crippen molar-refractivity contribution in [2.45, 2.75) is 38.7 Å². The summed E-state index contributed by atoms with van der Waals surface area (Å²) in [5.41, 5.74) is 1.68. The lowest BCUT2D eigenvalue weighted by Gasteiger charge is -2.26. The van der Waals surface area contributed by atoms with Crippen LogP contribution in [0.15, 0.2) is 41.6 Å². The fourth-order valence-corrected chi connectivity index (χ4v) is 2.33. The second-order valence-electron chi connectivity index (χ2n) is 5.05. The van der Waals surface area contributed by atoms with Crippen LogP contribution < -0.4 is 5.32 Å². The number of hydrogen-bond acceptors (Lipinski definition) is 3. The summed E-state index contributed by atoms with van der Waals surface area (Å²) in [5.74, 6) is -3.48. The van der Waals surface area contributed by atoms with E-state index < -0.39 is 18.3 Å². The Morgan fingerprint density at radius 2 is 2.05 bits per heavy atom. The molecule has 0 unspecified atom stereocenters. The van der Waals surface area contributed by atoms with E-state index in [-0.39, 0.29) is 25.0 Å². The minimum atomic E-state index is -2.83. The van der Waals surface area contributed by atoms with Gasteiger partial charge in [0.1, 0.15) is 0 Å². The summed E-state index contributed by atoms with van der Waals surface area (Å²) >= 11 is 0. The minimum Gasteiger partial charge on any atom is -0.463 e. The quantitative estimate of drug-likeness (QED) is 0.846. The number of alkyl halides is 2. The van der Waals surface area contributed by atoms with E-state index in [1.807, 2.05) is 30.3 Å². The van der Waals surface area contributed by atoms with Crippen LogP contribution in [0.25, 0.3) is 0 Å². The second-order valence-corrected chi connectivity index (χ2v) is 5.05. The molecule has 0 heterocycles. The molecule has 1 aliphatic carbocycles. The van der Waals surface area contributed by atoms with Crippen molar-refractivity contribution in [2.75, 3.05) is 6.61 Å². The Morgan fingerprint density at radius 3 is 2.71 bits per heavy atom. The number of esters is 1. The SMILES string of the molecule is CCOC(=O)C1=C(NCc2ccccc2)CCC(F)(F)C1. The van der Waals surface area contributed by atoms with Crippen LogP contribution in [0.1, 0.15) is 31.7 Å². The third kappa shape index (κ3) is 4.28. The van der Waals surface area contributed by atoms with E-state index in [0.29, 0.717) is 12.2 Å². The molecule has 0 saturated heterocycles. The van der Waals surface area contributed by atoms with Gasteiger partial charge in [0.05, 0.1) is 12.2 Å². The van der Waals surface area contributed by atoms with Gasteiger partial charge in [0.2, 0.25) is 0 Å². The predicted octanol–water partition coefficient (Wildman–Crippen LogP) is 3.41. The van der Waals surface area contributed by atoms with Crippen LogP contribution in [-0.2, 0) is 16.1 Å². The van der Waals surface area contributed by atoms with Crippen LogP contribution in [0.3, 0.4) is 0 Å². The first-order chi connectivity index (χ1) is 10.0. The average Bonchev–Trinajstić information content (AvgIpc) is 2.46. The summed E-state index contributed by atoms with van der Waals surface area (Å²) in [6.07, 6.45) is -0.635. The third-order valence-corrected chi connectivity index (χ3v) is 3.41. The van der Waals surface area contributed by atoms with Crippen LogP contribution >= 0.6 is 0 Å². The number of halogens is 2. The van der Waals surface area contributed by atoms with E-state index in [0.717, 1.165) is 5.56 Å². The van der Waals surface area contributed by atoms with Gasteiger partial charge in [-0.2, -0.15) is 0 Å². The van der Waals surface area contributed by atoms with Gasteiger partial charge < -0.3 is 10.1 Å². The van der Waals surface area contributed by atoms with E-state index in [1.54, 1.807) is 6.92 Å². The van der Waals surface area contributed by atoms with Gasteiger partial charge in [-0.15, -0.1) is 0 Å². The zero-order chi connectivity index (χ0) is 15.3. The molecular weight excluding hydrogens is 276 g/mol. The van der Waals surface area contributed by atoms with Crippen molar-refractivity contribution < 1.29 is 18.3 Å². The Bertz CT molecular complexity index is 526. The molecule has 0 saturated carbocycles. The third-order valence-electron chi connectivity index (χ3n) is 3.41. The lowest BCUT2D eigenvalue weighted by Crippen LogP contribution is -2.31. The highest BCUT2D eigenvalue weighted by Gasteiger charge is 2.38. The van der Waals surface area contributed by atoms with E-state index >= 15 is 0 Å². The van der Waals surface area contributed by atoms with Gasteiger partial charge >= 0.3 is 5.97 Å². The van der Waals surface area contributed by atoms with Crippen molar-refractivity contribution in [1.29, 1.82) is 0 Å². The molecule has 5 heteroatoms. The zero-order valence-electron chi connectivity index (χ0n) is 12.0. The normalized spacial score (nSPS) is 17.5. The number of carbonyl (C=O) groups is 1. The molecule has 0 fully saturated rings. The van der Waals surface area contributed by atoms with Gasteiger partial charge in [0.15, 0.2) is 0 Å².